The standard InChI is InChI=1S/C13H18Cl2O/c1-3-9(4-2)5-13(16)10-6-11(14)8-12(15)7-10/h6-9,13,16H,3-5H2,1-2H3. The number of benzene rings is 1. The number of aliphatic hydroxyl groups excluding tert-OH is 1. The van der Waals surface area contributed by atoms with Crippen LogP contribution in [-0.2, 0) is 0 Å². The van der Waals surface area contributed by atoms with Crippen molar-refractivity contribution < 1.29 is 5.11 Å². The van der Waals surface area contributed by atoms with Gasteiger partial charge in [-0.3, -0.25) is 0 Å². The first-order chi connectivity index (χ1) is 7.56. The van der Waals surface area contributed by atoms with E-state index in [0.717, 1.165) is 24.8 Å². The lowest BCUT2D eigenvalue weighted by molar-refractivity contribution is 0.141. The lowest BCUT2D eigenvalue weighted by Gasteiger charge is -2.18. The summed E-state index contributed by atoms with van der Waals surface area (Å²) in [7, 11) is 0. The van der Waals surface area contributed by atoms with E-state index in [-0.39, 0.29) is 0 Å². The molecular weight excluding hydrogens is 243 g/mol. The molecule has 0 bridgehead atoms. The van der Waals surface area contributed by atoms with Crippen LogP contribution >= 0.6 is 23.2 Å². The van der Waals surface area contributed by atoms with Crippen molar-refractivity contribution in [3.8, 4) is 0 Å². The first-order valence-electron chi connectivity index (χ1n) is 5.70. The summed E-state index contributed by atoms with van der Waals surface area (Å²) >= 11 is 11.8. The fourth-order valence-corrected chi connectivity index (χ4v) is 2.38. The second-order valence-electron chi connectivity index (χ2n) is 4.14. The number of hydrogen-bond donors (Lipinski definition) is 1. The normalized spacial score (nSPS) is 13.1. The molecule has 0 fully saturated rings. The van der Waals surface area contributed by atoms with Gasteiger partial charge >= 0.3 is 0 Å². The molecule has 90 valence electrons. The first-order valence-corrected chi connectivity index (χ1v) is 6.46. The zero-order valence-electron chi connectivity index (χ0n) is 9.71. The van der Waals surface area contributed by atoms with Crippen LogP contribution in [0.15, 0.2) is 18.2 Å². The quantitative estimate of drug-likeness (QED) is 0.803. The third-order valence-electron chi connectivity index (χ3n) is 2.98. The van der Waals surface area contributed by atoms with Gasteiger partial charge < -0.3 is 5.11 Å². The van der Waals surface area contributed by atoms with Gasteiger partial charge in [-0.15, -0.1) is 0 Å². The van der Waals surface area contributed by atoms with Crippen LogP contribution in [0.5, 0.6) is 0 Å². The Balaban J connectivity index is 2.75. The van der Waals surface area contributed by atoms with E-state index in [1.165, 1.54) is 0 Å². The molecule has 0 aliphatic rings. The number of hydrogen-bond acceptors (Lipinski definition) is 1. The van der Waals surface area contributed by atoms with Gasteiger partial charge in [-0.1, -0.05) is 49.9 Å². The van der Waals surface area contributed by atoms with Gasteiger partial charge in [0, 0.05) is 10.0 Å². The fourth-order valence-electron chi connectivity index (χ4n) is 1.84. The van der Waals surface area contributed by atoms with Crippen LogP contribution in [0.25, 0.3) is 0 Å². The van der Waals surface area contributed by atoms with Crippen molar-refractivity contribution in [1.29, 1.82) is 0 Å². The van der Waals surface area contributed by atoms with E-state index in [4.69, 9.17) is 23.2 Å². The number of rotatable bonds is 5. The molecule has 1 nitrogen and oxygen atoms in total. The Morgan fingerprint density at radius 2 is 1.56 bits per heavy atom. The summed E-state index contributed by atoms with van der Waals surface area (Å²) in [5.41, 5.74) is 0.810. The second-order valence-corrected chi connectivity index (χ2v) is 5.01. The predicted octanol–water partition coefficient (Wildman–Crippen LogP) is 4.85. The van der Waals surface area contributed by atoms with E-state index in [1.54, 1.807) is 18.2 Å². The van der Waals surface area contributed by atoms with Crippen molar-refractivity contribution in [2.45, 2.75) is 39.2 Å². The molecule has 1 N–H and O–H groups in total. The molecule has 0 radical (unpaired) electrons. The molecule has 1 aromatic rings. The summed E-state index contributed by atoms with van der Waals surface area (Å²) in [5.74, 6) is 0.549. The summed E-state index contributed by atoms with van der Waals surface area (Å²) in [6, 6.07) is 5.23. The van der Waals surface area contributed by atoms with Crippen molar-refractivity contribution in [1.82, 2.24) is 0 Å². The van der Waals surface area contributed by atoms with E-state index in [9.17, 15) is 5.11 Å². The molecule has 0 heterocycles. The Kier molecular flexibility index (Phi) is 5.60. The van der Waals surface area contributed by atoms with Gasteiger partial charge in [-0.2, -0.15) is 0 Å². The van der Waals surface area contributed by atoms with Crippen LogP contribution in [0.2, 0.25) is 10.0 Å². The minimum atomic E-state index is -0.471. The predicted molar refractivity (Wildman–Crippen MR) is 70.1 cm³/mol. The highest BCUT2D eigenvalue weighted by atomic mass is 35.5. The molecule has 0 saturated carbocycles. The van der Waals surface area contributed by atoms with Crippen molar-refractivity contribution in [3.05, 3.63) is 33.8 Å². The van der Waals surface area contributed by atoms with E-state index in [1.807, 2.05) is 0 Å². The Bertz CT molecular complexity index is 314. The maximum Gasteiger partial charge on any atom is 0.0793 e. The first kappa shape index (κ1) is 13.8. The molecule has 1 aromatic carbocycles. The molecule has 1 atom stereocenters. The lowest BCUT2D eigenvalue weighted by Crippen LogP contribution is -2.06. The van der Waals surface area contributed by atoms with Gasteiger partial charge in [0.25, 0.3) is 0 Å². The smallest absolute Gasteiger partial charge is 0.0793 e. The maximum atomic E-state index is 10.1. The summed E-state index contributed by atoms with van der Waals surface area (Å²) in [6.07, 6.45) is 2.47. The highest BCUT2D eigenvalue weighted by Crippen LogP contribution is 2.29. The highest BCUT2D eigenvalue weighted by molar-refractivity contribution is 6.34. The van der Waals surface area contributed by atoms with Crippen molar-refractivity contribution >= 4 is 23.2 Å². The van der Waals surface area contributed by atoms with E-state index < -0.39 is 6.10 Å². The minimum absolute atomic E-state index is 0.471. The maximum absolute atomic E-state index is 10.1. The van der Waals surface area contributed by atoms with Gasteiger partial charge in [0.05, 0.1) is 6.10 Å². The number of halogens is 2. The van der Waals surface area contributed by atoms with Crippen LogP contribution < -0.4 is 0 Å². The molecule has 0 aliphatic carbocycles. The Hall–Kier alpha value is -0.240. The zero-order chi connectivity index (χ0) is 12.1. The molecule has 1 unspecified atom stereocenters. The van der Waals surface area contributed by atoms with Crippen molar-refractivity contribution in [2.24, 2.45) is 5.92 Å². The SMILES string of the molecule is CCC(CC)CC(O)c1cc(Cl)cc(Cl)c1. The van der Waals surface area contributed by atoms with Gasteiger partial charge in [0.1, 0.15) is 0 Å². The van der Waals surface area contributed by atoms with Gasteiger partial charge in [0.15, 0.2) is 0 Å². The summed E-state index contributed by atoms with van der Waals surface area (Å²) in [4.78, 5) is 0. The Morgan fingerprint density at radius 3 is 2.00 bits per heavy atom. The Labute approximate surface area is 107 Å². The van der Waals surface area contributed by atoms with Gasteiger partial charge in [-0.25, -0.2) is 0 Å². The topological polar surface area (TPSA) is 20.2 Å². The average molecular weight is 261 g/mol. The molecule has 0 aromatic heterocycles. The molecule has 0 spiro atoms. The second kappa shape index (κ2) is 6.48. The van der Waals surface area contributed by atoms with Crippen LogP contribution in [0, 0.1) is 5.92 Å². The third kappa shape index (κ3) is 3.97. The van der Waals surface area contributed by atoms with E-state index in [0.29, 0.717) is 16.0 Å². The lowest BCUT2D eigenvalue weighted by atomic mass is 9.93. The molecule has 3 heteroatoms. The van der Waals surface area contributed by atoms with E-state index >= 15 is 0 Å². The Morgan fingerprint density at radius 1 is 1.06 bits per heavy atom. The fraction of sp³-hybridized carbons (Fsp3) is 0.538. The van der Waals surface area contributed by atoms with Crippen LogP contribution in [0.3, 0.4) is 0 Å². The third-order valence-corrected chi connectivity index (χ3v) is 3.42. The summed E-state index contributed by atoms with van der Waals surface area (Å²) < 4.78 is 0. The molecule has 0 amide bonds. The largest absolute Gasteiger partial charge is 0.388 e. The van der Waals surface area contributed by atoms with Crippen LogP contribution in [-0.4, -0.2) is 5.11 Å². The van der Waals surface area contributed by atoms with E-state index in [2.05, 4.69) is 13.8 Å². The van der Waals surface area contributed by atoms with Crippen LogP contribution in [0.1, 0.15) is 44.8 Å². The molecule has 1 rings (SSSR count). The molecule has 0 aliphatic heterocycles. The average Bonchev–Trinajstić information content (AvgIpc) is 2.24. The molecular formula is C13H18Cl2O. The van der Waals surface area contributed by atoms with Crippen molar-refractivity contribution in [2.75, 3.05) is 0 Å². The van der Waals surface area contributed by atoms with Gasteiger partial charge in [0.2, 0.25) is 0 Å². The highest BCUT2D eigenvalue weighted by Gasteiger charge is 2.14. The monoisotopic (exact) mass is 260 g/mol. The molecule has 16 heavy (non-hydrogen) atoms. The summed E-state index contributed by atoms with van der Waals surface area (Å²) in [6.45, 7) is 4.29. The summed E-state index contributed by atoms with van der Waals surface area (Å²) in [5, 5.41) is 11.2. The van der Waals surface area contributed by atoms with Crippen molar-refractivity contribution in [3.63, 3.8) is 0 Å². The zero-order valence-corrected chi connectivity index (χ0v) is 11.2. The van der Waals surface area contributed by atoms with Crippen LogP contribution in [0.4, 0.5) is 0 Å². The number of aliphatic hydroxyl groups is 1. The minimum Gasteiger partial charge on any atom is -0.388 e. The van der Waals surface area contributed by atoms with Gasteiger partial charge in [-0.05, 0) is 36.1 Å². The molecule has 0 saturated heterocycles.